The van der Waals surface area contributed by atoms with Gasteiger partial charge in [0.25, 0.3) is 0 Å². The molecule has 1 heterocycles. The van der Waals surface area contributed by atoms with Crippen LogP contribution in [0.1, 0.15) is 43.3 Å². The Morgan fingerprint density at radius 3 is 2.79 bits per heavy atom. The molecule has 1 aliphatic carbocycles. The van der Waals surface area contributed by atoms with Crippen molar-refractivity contribution in [2.45, 2.75) is 46.1 Å². The van der Waals surface area contributed by atoms with Crippen LogP contribution in [0.25, 0.3) is 0 Å². The zero-order valence-corrected chi connectivity index (χ0v) is 12.6. The molecular weight excluding hydrogens is 258 g/mol. The van der Waals surface area contributed by atoms with E-state index in [1.54, 1.807) is 11.3 Å². The van der Waals surface area contributed by atoms with Gasteiger partial charge < -0.3 is 11.1 Å². The summed E-state index contributed by atoms with van der Waals surface area (Å²) in [5, 5.41) is 5.98. The first-order valence-electron chi connectivity index (χ1n) is 6.95. The van der Waals surface area contributed by atoms with Gasteiger partial charge >= 0.3 is 0 Å². The van der Waals surface area contributed by atoms with Gasteiger partial charge in [-0.15, -0.1) is 11.3 Å². The second-order valence-electron chi connectivity index (χ2n) is 5.73. The van der Waals surface area contributed by atoms with E-state index >= 15 is 0 Å². The van der Waals surface area contributed by atoms with E-state index in [0.717, 1.165) is 36.4 Å². The van der Waals surface area contributed by atoms with E-state index in [-0.39, 0.29) is 11.3 Å². The molecule has 0 aromatic carbocycles. The topological polar surface area (TPSA) is 68.0 Å². The van der Waals surface area contributed by atoms with Gasteiger partial charge in [-0.3, -0.25) is 4.79 Å². The molecule has 1 aliphatic rings. The Labute approximate surface area is 118 Å². The maximum atomic E-state index is 12.4. The number of nitrogens with zero attached hydrogens (tertiary/aromatic N) is 1. The van der Waals surface area contributed by atoms with Gasteiger partial charge in [0.1, 0.15) is 5.01 Å². The zero-order valence-electron chi connectivity index (χ0n) is 11.7. The molecule has 0 bridgehead atoms. The highest BCUT2D eigenvalue weighted by Gasteiger charge is 2.39. The third-order valence-corrected chi connectivity index (χ3v) is 5.14. The molecule has 5 heteroatoms. The van der Waals surface area contributed by atoms with Gasteiger partial charge in [0.15, 0.2) is 0 Å². The lowest BCUT2D eigenvalue weighted by molar-refractivity contribution is -0.133. The Kier molecular flexibility index (Phi) is 4.58. The monoisotopic (exact) mass is 281 g/mol. The van der Waals surface area contributed by atoms with Crippen LogP contribution < -0.4 is 11.1 Å². The zero-order chi connectivity index (χ0) is 13.9. The molecule has 1 fully saturated rings. The summed E-state index contributed by atoms with van der Waals surface area (Å²) >= 11 is 1.59. The van der Waals surface area contributed by atoms with Gasteiger partial charge in [-0.2, -0.15) is 0 Å². The van der Waals surface area contributed by atoms with Crippen LogP contribution in [0.4, 0.5) is 0 Å². The van der Waals surface area contributed by atoms with Crippen molar-refractivity contribution in [3.8, 4) is 0 Å². The van der Waals surface area contributed by atoms with Crippen molar-refractivity contribution in [1.29, 1.82) is 0 Å². The quantitative estimate of drug-likeness (QED) is 0.889. The van der Waals surface area contributed by atoms with Gasteiger partial charge in [0, 0.05) is 17.6 Å². The number of nitrogens with two attached hydrogens (primary N) is 1. The van der Waals surface area contributed by atoms with E-state index in [1.165, 1.54) is 0 Å². The molecule has 1 aromatic heterocycles. The number of amides is 1. The number of thiazole rings is 1. The standard InChI is InChI=1S/C14H23N3OS/c1-10-3-5-14(9-15,6-4-10)13(18)16-7-12-17-11(2)8-19-12/h8,10H,3-7,9,15H2,1-2H3,(H,16,18). The van der Waals surface area contributed by atoms with Crippen LogP contribution in [0.15, 0.2) is 5.38 Å². The van der Waals surface area contributed by atoms with E-state index in [4.69, 9.17) is 5.73 Å². The highest BCUT2D eigenvalue weighted by atomic mass is 32.1. The van der Waals surface area contributed by atoms with Crippen molar-refractivity contribution in [2.75, 3.05) is 6.54 Å². The molecule has 0 saturated heterocycles. The van der Waals surface area contributed by atoms with Crippen molar-refractivity contribution < 1.29 is 4.79 Å². The summed E-state index contributed by atoms with van der Waals surface area (Å²) in [5.74, 6) is 0.823. The summed E-state index contributed by atoms with van der Waals surface area (Å²) in [6.45, 7) is 5.18. The highest BCUT2D eigenvalue weighted by Crippen LogP contribution is 2.38. The van der Waals surface area contributed by atoms with Crippen LogP contribution in [-0.2, 0) is 11.3 Å². The molecule has 0 atom stereocenters. The summed E-state index contributed by atoms with van der Waals surface area (Å²) in [5.41, 5.74) is 6.54. The summed E-state index contributed by atoms with van der Waals surface area (Å²) in [6, 6.07) is 0. The van der Waals surface area contributed by atoms with Crippen molar-refractivity contribution >= 4 is 17.2 Å². The average molecular weight is 281 g/mol. The van der Waals surface area contributed by atoms with Crippen molar-refractivity contribution in [3.05, 3.63) is 16.1 Å². The summed E-state index contributed by atoms with van der Waals surface area (Å²) < 4.78 is 0. The Morgan fingerprint density at radius 2 is 2.26 bits per heavy atom. The smallest absolute Gasteiger partial charge is 0.227 e. The summed E-state index contributed by atoms with van der Waals surface area (Å²) in [6.07, 6.45) is 4.02. The summed E-state index contributed by atoms with van der Waals surface area (Å²) in [4.78, 5) is 16.8. The Morgan fingerprint density at radius 1 is 1.58 bits per heavy atom. The van der Waals surface area contributed by atoms with E-state index in [2.05, 4.69) is 17.2 Å². The Balaban J connectivity index is 1.93. The lowest BCUT2D eigenvalue weighted by Crippen LogP contribution is -2.47. The van der Waals surface area contributed by atoms with Crippen LogP contribution in [0.2, 0.25) is 0 Å². The molecule has 1 saturated carbocycles. The molecular formula is C14H23N3OS. The minimum Gasteiger partial charge on any atom is -0.349 e. The molecule has 1 amide bonds. The van der Waals surface area contributed by atoms with Crippen LogP contribution in [0.5, 0.6) is 0 Å². The lowest BCUT2D eigenvalue weighted by atomic mass is 9.70. The SMILES string of the molecule is Cc1csc(CNC(=O)C2(CN)CCC(C)CC2)n1. The predicted molar refractivity (Wildman–Crippen MR) is 77.8 cm³/mol. The molecule has 0 unspecified atom stereocenters. The Bertz CT molecular complexity index is 436. The van der Waals surface area contributed by atoms with Crippen molar-refractivity contribution in [1.82, 2.24) is 10.3 Å². The second kappa shape index (κ2) is 6.01. The highest BCUT2D eigenvalue weighted by molar-refractivity contribution is 7.09. The molecule has 0 spiro atoms. The predicted octanol–water partition coefficient (Wildman–Crippen LogP) is 2.22. The number of nitrogens with one attached hydrogen (secondary N) is 1. The van der Waals surface area contributed by atoms with E-state index in [9.17, 15) is 4.79 Å². The number of hydrogen-bond acceptors (Lipinski definition) is 4. The van der Waals surface area contributed by atoms with Crippen LogP contribution >= 0.6 is 11.3 Å². The molecule has 4 nitrogen and oxygen atoms in total. The normalized spacial score (nSPS) is 27.2. The second-order valence-corrected chi connectivity index (χ2v) is 6.67. The first-order chi connectivity index (χ1) is 9.05. The minimum absolute atomic E-state index is 0.106. The number of rotatable bonds is 4. The largest absolute Gasteiger partial charge is 0.349 e. The van der Waals surface area contributed by atoms with Crippen molar-refractivity contribution in [2.24, 2.45) is 17.1 Å². The first kappa shape index (κ1) is 14.5. The first-order valence-corrected chi connectivity index (χ1v) is 7.83. The summed E-state index contributed by atoms with van der Waals surface area (Å²) in [7, 11) is 0. The lowest BCUT2D eigenvalue weighted by Gasteiger charge is -2.37. The average Bonchev–Trinajstić information content (AvgIpc) is 2.83. The molecule has 3 N–H and O–H groups in total. The fourth-order valence-corrected chi connectivity index (χ4v) is 3.38. The molecule has 1 aromatic rings. The molecule has 0 aliphatic heterocycles. The third-order valence-electron chi connectivity index (χ3n) is 4.17. The fraction of sp³-hybridized carbons (Fsp3) is 0.714. The van der Waals surface area contributed by atoms with E-state index < -0.39 is 0 Å². The number of carbonyl (C=O) groups excluding carboxylic acids is 1. The number of aryl methyl sites for hydroxylation is 1. The number of hydrogen-bond donors (Lipinski definition) is 2. The van der Waals surface area contributed by atoms with Crippen LogP contribution in [-0.4, -0.2) is 17.4 Å². The third kappa shape index (κ3) is 3.34. The van der Waals surface area contributed by atoms with Gasteiger partial charge in [-0.05, 0) is 38.5 Å². The van der Waals surface area contributed by atoms with Crippen molar-refractivity contribution in [3.63, 3.8) is 0 Å². The molecule has 0 radical (unpaired) electrons. The van der Waals surface area contributed by atoms with Gasteiger partial charge in [-0.1, -0.05) is 6.92 Å². The maximum Gasteiger partial charge on any atom is 0.227 e. The van der Waals surface area contributed by atoms with Crippen LogP contribution in [0, 0.1) is 18.3 Å². The maximum absolute atomic E-state index is 12.4. The molecule has 19 heavy (non-hydrogen) atoms. The minimum atomic E-state index is -0.348. The number of aromatic nitrogens is 1. The van der Waals surface area contributed by atoms with E-state index in [1.807, 2.05) is 12.3 Å². The van der Waals surface area contributed by atoms with Gasteiger partial charge in [0.05, 0.1) is 12.0 Å². The fourth-order valence-electron chi connectivity index (χ4n) is 2.67. The molecule has 2 rings (SSSR count). The van der Waals surface area contributed by atoms with E-state index in [0.29, 0.717) is 19.0 Å². The van der Waals surface area contributed by atoms with Gasteiger partial charge in [-0.25, -0.2) is 4.98 Å². The Hall–Kier alpha value is -0.940. The van der Waals surface area contributed by atoms with Gasteiger partial charge in [0.2, 0.25) is 5.91 Å². The molecule has 106 valence electrons. The van der Waals surface area contributed by atoms with Crippen LogP contribution in [0.3, 0.4) is 0 Å². The number of carbonyl (C=O) groups is 1.